The molecule has 0 unspecified atom stereocenters. The number of hydrogen-bond acceptors (Lipinski definition) is 5. The fraction of sp³-hybridized carbons (Fsp3) is 0.375. The third kappa shape index (κ3) is 4.44. The highest BCUT2D eigenvalue weighted by Gasteiger charge is 2.20. The van der Waals surface area contributed by atoms with Crippen molar-refractivity contribution in [1.29, 1.82) is 0 Å². The van der Waals surface area contributed by atoms with Crippen LogP contribution in [0.3, 0.4) is 0 Å². The van der Waals surface area contributed by atoms with Gasteiger partial charge >= 0.3 is 5.97 Å². The van der Waals surface area contributed by atoms with E-state index < -0.39 is 6.10 Å². The van der Waals surface area contributed by atoms with Crippen molar-refractivity contribution in [3.63, 3.8) is 0 Å². The molecule has 1 aromatic heterocycles. The Bertz CT molecular complexity index is 1060. The second-order valence-corrected chi connectivity index (χ2v) is 7.51. The van der Waals surface area contributed by atoms with Gasteiger partial charge in [-0.3, -0.25) is 0 Å². The van der Waals surface area contributed by atoms with Crippen LogP contribution in [0.5, 0.6) is 5.75 Å². The maximum Gasteiger partial charge on any atom is 0.340 e. The molecule has 2 N–H and O–H groups in total. The molecule has 6 heteroatoms. The second kappa shape index (κ2) is 9.22. The molecule has 0 aliphatic heterocycles. The lowest BCUT2D eigenvalue weighted by atomic mass is 10.1. The Morgan fingerprint density at radius 1 is 1.20 bits per heavy atom. The molecule has 0 spiro atoms. The number of anilines is 1. The normalized spacial score (nSPS) is 12.1. The van der Waals surface area contributed by atoms with E-state index >= 15 is 0 Å². The zero-order valence-electron chi connectivity index (χ0n) is 18.3. The Morgan fingerprint density at radius 2 is 1.97 bits per heavy atom. The van der Waals surface area contributed by atoms with Crippen LogP contribution in [0, 0.1) is 20.8 Å². The topological polar surface area (TPSA) is 72.7 Å². The number of fused-ring (bicyclic) bond motifs is 1. The van der Waals surface area contributed by atoms with E-state index in [0.29, 0.717) is 24.5 Å². The van der Waals surface area contributed by atoms with E-state index in [0.717, 1.165) is 22.3 Å². The fourth-order valence-electron chi connectivity index (χ4n) is 3.52. The van der Waals surface area contributed by atoms with Gasteiger partial charge in [-0.25, -0.2) is 4.79 Å². The highest BCUT2D eigenvalue weighted by atomic mass is 16.5. The summed E-state index contributed by atoms with van der Waals surface area (Å²) in [5, 5.41) is 14.4. The molecular formula is C24H30N2O4. The standard InChI is InChI=1S/C24H30N2O4/c1-6-29-24(28)23-17(4)26(5)22-11-10-19(12-20(22)23)30-14-18(27)13-25-21-9-7-8-15(2)16(21)3/h7-12,18,25,27H,6,13-14H2,1-5H3/t18-/m1/s1. The van der Waals surface area contributed by atoms with E-state index in [-0.39, 0.29) is 12.6 Å². The van der Waals surface area contributed by atoms with Crippen molar-refractivity contribution >= 4 is 22.6 Å². The van der Waals surface area contributed by atoms with Crippen LogP contribution >= 0.6 is 0 Å². The number of ether oxygens (including phenoxy) is 2. The molecular weight excluding hydrogens is 380 g/mol. The monoisotopic (exact) mass is 410 g/mol. The van der Waals surface area contributed by atoms with Crippen LogP contribution in [0.4, 0.5) is 5.69 Å². The van der Waals surface area contributed by atoms with E-state index in [1.54, 1.807) is 6.92 Å². The average Bonchev–Trinajstić information content (AvgIpc) is 2.97. The van der Waals surface area contributed by atoms with Crippen LogP contribution in [0.1, 0.15) is 34.1 Å². The zero-order chi connectivity index (χ0) is 21.8. The summed E-state index contributed by atoms with van der Waals surface area (Å²) >= 11 is 0. The maximum absolute atomic E-state index is 12.4. The van der Waals surface area contributed by atoms with Crippen molar-refractivity contribution in [2.75, 3.05) is 25.1 Å². The molecule has 0 saturated carbocycles. The number of aliphatic hydroxyl groups excluding tert-OH is 1. The first-order valence-electron chi connectivity index (χ1n) is 10.2. The smallest absolute Gasteiger partial charge is 0.340 e. The third-order valence-corrected chi connectivity index (χ3v) is 5.52. The minimum Gasteiger partial charge on any atom is -0.491 e. The van der Waals surface area contributed by atoms with E-state index in [1.807, 2.05) is 48.9 Å². The van der Waals surface area contributed by atoms with Crippen LogP contribution in [0.2, 0.25) is 0 Å². The summed E-state index contributed by atoms with van der Waals surface area (Å²) in [5.74, 6) is 0.264. The van der Waals surface area contributed by atoms with Gasteiger partial charge in [-0.2, -0.15) is 0 Å². The Hall–Kier alpha value is -2.99. The van der Waals surface area contributed by atoms with E-state index in [4.69, 9.17) is 9.47 Å². The summed E-state index contributed by atoms with van der Waals surface area (Å²) < 4.78 is 13.0. The van der Waals surface area contributed by atoms with Crippen LogP contribution < -0.4 is 10.1 Å². The number of carbonyl (C=O) groups is 1. The van der Waals surface area contributed by atoms with Crippen molar-refractivity contribution in [3.8, 4) is 5.75 Å². The van der Waals surface area contributed by atoms with Crippen LogP contribution in [-0.4, -0.2) is 41.5 Å². The van der Waals surface area contributed by atoms with E-state index in [2.05, 4.69) is 25.2 Å². The van der Waals surface area contributed by atoms with Gasteiger partial charge in [-0.15, -0.1) is 0 Å². The fourth-order valence-corrected chi connectivity index (χ4v) is 3.52. The van der Waals surface area contributed by atoms with E-state index in [9.17, 15) is 9.90 Å². The minimum atomic E-state index is -0.678. The SMILES string of the molecule is CCOC(=O)c1c(C)n(C)c2ccc(OC[C@H](O)CNc3cccc(C)c3C)cc12. The van der Waals surface area contributed by atoms with E-state index in [1.165, 1.54) is 11.1 Å². The summed E-state index contributed by atoms with van der Waals surface area (Å²) in [6.45, 7) is 8.65. The largest absolute Gasteiger partial charge is 0.491 e. The molecule has 160 valence electrons. The lowest BCUT2D eigenvalue weighted by Gasteiger charge is -2.16. The van der Waals surface area contributed by atoms with Crippen LogP contribution in [0.15, 0.2) is 36.4 Å². The van der Waals surface area contributed by atoms with Crippen LogP contribution in [0.25, 0.3) is 10.9 Å². The van der Waals surface area contributed by atoms with Crippen molar-refractivity contribution in [2.24, 2.45) is 7.05 Å². The maximum atomic E-state index is 12.4. The molecule has 6 nitrogen and oxygen atoms in total. The molecule has 3 aromatic rings. The average molecular weight is 411 g/mol. The van der Waals surface area contributed by atoms with Crippen LogP contribution in [-0.2, 0) is 11.8 Å². The first-order chi connectivity index (χ1) is 14.3. The molecule has 0 aliphatic rings. The Balaban J connectivity index is 1.69. The van der Waals surface area contributed by atoms with Gasteiger partial charge in [-0.05, 0) is 63.1 Å². The van der Waals surface area contributed by atoms with Gasteiger partial charge in [0, 0.05) is 35.9 Å². The lowest BCUT2D eigenvalue weighted by molar-refractivity contribution is 0.0527. The Morgan fingerprint density at radius 3 is 2.70 bits per heavy atom. The molecule has 0 radical (unpaired) electrons. The lowest BCUT2D eigenvalue weighted by Crippen LogP contribution is -2.26. The summed E-state index contributed by atoms with van der Waals surface area (Å²) in [6, 6.07) is 11.7. The molecule has 0 fully saturated rings. The predicted octanol–water partition coefficient (Wildman–Crippen LogP) is 4.13. The zero-order valence-corrected chi connectivity index (χ0v) is 18.3. The molecule has 2 aromatic carbocycles. The van der Waals surface area contributed by atoms with Gasteiger partial charge in [0.15, 0.2) is 0 Å². The molecule has 0 bridgehead atoms. The summed E-state index contributed by atoms with van der Waals surface area (Å²) in [7, 11) is 1.92. The number of hydrogen-bond donors (Lipinski definition) is 2. The van der Waals surface area contributed by atoms with Crippen molar-refractivity contribution in [1.82, 2.24) is 4.57 Å². The molecule has 0 saturated heterocycles. The number of rotatable bonds is 8. The quantitative estimate of drug-likeness (QED) is 0.546. The summed E-state index contributed by atoms with van der Waals surface area (Å²) in [5.41, 5.74) is 5.71. The minimum absolute atomic E-state index is 0.143. The number of aryl methyl sites for hydroxylation is 2. The first kappa shape index (κ1) is 21.7. The first-order valence-corrected chi connectivity index (χ1v) is 10.2. The molecule has 3 rings (SSSR count). The Kier molecular flexibility index (Phi) is 6.67. The number of aromatic nitrogens is 1. The van der Waals surface area contributed by atoms with Crippen molar-refractivity contribution in [3.05, 3.63) is 58.8 Å². The molecule has 1 atom stereocenters. The van der Waals surface area contributed by atoms with Crippen molar-refractivity contribution in [2.45, 2.75) is 33.8 Å². The predicted molar refractivity (Wildman–Crippen MR) is 120 cm³/mol. The number of benzene rings is 2. The molecule has 0 amide bonds. The number of carbonyl (C=O) groups excluding carboxylic acids is 1. The number of nitrogens with one attached hydrogen (secondary N) is 1. The number of aliphatic hydroxyl groups is 1. The van der Waals surface area contributed by atoms with Gasteiger partial charge in [0.1, 0.15) is 18.5 Å². The van der Waals surface area contributed by atoms with Gasteiger partial charge in [0.25, 0.3) is 0 Å². The van der Waals surface area contributed by atoms with Gasteiger partial charge in [0.05, 0.1) is 12.2 Å². The number of nitrogens with zero attached hydrogens (tertiary/aromatic N) is 1. The highest BCUT2D eigenvalue weighted by Crippen LogP contribution is 2.29. The number of esters is 1. The van der Waals surface area contributed by atoms with Gasteiger partial charge in [-0.1, -0.05) is 12.1 Å². The highest BCUT2D eigenvalue weighted by molar-refractivity contribution is 6.06. The summed E-state index contributed by atoms with van der Waals surface area (Å²) in [6.07, 6.45) is -0.678. The molecule has 30 heavy (non-hydrogen) atoms. The third-order valence-electron chi connectivity index (χ3n) is 5.52. The molecule has 1 heterocycles. The Labute approximate surface area is 177 Å². The molecule has 0 aliphatic carbocycles. The van der Waals surface area contributed by atoms with Gasteiger partial charge < -0.3 is 24.5 Å². The summed E-state index contributed by atoms with van der Waals surface area (Å²) in [4.78, 5) is 12.4. The second-order valence-electron chi connectivity index (χ2n) is 7.51. The van der Waals surface area contributed by atoms with Gasteiger partial charge in [0.2, 0.25) is 0 Å². The van der Waals surface area contributed by atoms with Crippen molar-refractivity contribution < 1.29 is 19.4 Å².